The molecule has 3 aliphatic rings. The van der Waals surface area contributed by atoms with Gasteiger partial charge in [0, 0.05) is 50.9 Å². The Balaban J connectivity index is 1.20. The van der Waals surface area contributed by atoms with Crippen LogP contribution in [0.5, 0.6) is 0 Å². The summed E-state index contributed by atoms with van der Waals surface area (Å²) in [5.74, 6) is -2.44. The van der Waals surface area contributed by atoms with Crippen molar-refractivity contribution in [2.75, 3.05) is 51.7 Å². The normalized spacial score (nSPS) is 20.0. The number of anilines is 1. The highest BCUT2D eigenvalue weighted by Crippen LogP contribution is 2.50. The van der Waals surface area contributed by atoms with Gasteiger partial charge in [-0.25, -0.2) is 18.4 Å². The molecule has 0 amide bonds. The van der Waals surface area contributed by atoms with Gasteiger partial charge in [-0.15, -0.1) is 0 Å². The smallest absolute Gasteiger partial charge is 0.306 e. The second kappa shape index (κ2) is 11.8. The van der Waals surface area contributed by atoms with Gasteiger partial charge < -0.3 is 15.0 Å². The first-order chi connectivity index (χ1) is 21.2. The molecule has 1 spiro atoms. The molecule has 1 N–H and O–H groups in total. The summed E-state index contributed by atoms with van der Waals surface area (Å²) in [5, 5.41) is 8.05. The maximum absolute atomic E-state index is 15.6. The van der Waals surface area contributed by atoms with Gasteiger partial charge >= 0.3 is 5.97 Å². The highest BCUT2D eigenvalue weighted by Gasteiger charge is 2.65. The number of benzene rings is 1. The fourth-order valence-corrected chi connectivity index (χ4v) is 7.32. The Morgan fingerprint density at radius 3 is 2.51 bits per heavy atom. The summed E-state index contributed by atoms with van der Waals surface area (Å²) in [7, 11) is 1.39. The number of alkyl halides is 2. The number of pyridine rings is 1. The molecule has 8 nitrogen and oxygen atoms in total. The fourth-order valence-electron chi connectivity index (χ4n) is 7.32. The van der Waals surface area contributed by atoms with Gasteiger partial charge in [0.25, 0.3) is 5.92 Å². The van der Waals surface area contributed by atoms with Crippen LogP contribution in [0.25, 0.3) is 5.69 Å². The molecule has 2 fully saturated rings. The van der Waals surface area contributed by atoms with Gasteiger partial charge in [-0.05, 0) is 73.1 Å². The second-order valence-corrected chi connectivity index (χ2v) is 14.5. The van der Waals surface area contributed by atoms with Gasteiger partial charge in [0.05, 0.1) is 42.6 Å². The number of fused-ring (bicyclic) bond motifs is 1. The minimum Gasteiger partial charge on any atom is -0.469 e. The van der Waals surface area contributed by atoms with Crippen LogP contribution in [0.1, 0.15) is 73.3 Å². The average molecular weight is 621 g/mol. The molecule has 1 atom stereocenters. The predicted molar refractivity (Wildman–Crippen MR) is 171 cm³/mol. The number of aromatic nitrogens is 3. The van der Waals surface area contributed by atoms with E-state index >= 15 is 8.78 Å². The Morgan fingerprint density at radius 2 is 1.82 bits per heavy atom. The molecule has 10 heteroatoms. The van der Waals surface area contributed by atoms with Crippen LogP contribution in [0.2, 0.25) is 0 Å². The number of hydrogen-bond acceptors (Lipinski definition) is 7. The van der Waals surface area contributed by atoms with E-state index in [1.807, 2.05) is 35.6 Å². The van der Waals surface area contributed by atoms with Crippen LogP contribution in [0.4, 0.5) is 14.6 Å². The predicted octanol–water partition coefficient (Wildman–Crippen LogP) is 5.64. The molecule has 5 heterocycles. The number of rotatable bonds is 8. The van der Waals surface area contributed by atoms with E-state index in [4.69, 9.17) is 14.8 Å². The molecular formula is C35H46F2N6O2. The van der Waals surface area contributed by atoms with Crippen molar-refractivity contribution in [1.29, 1.82) is 0 Å². The number of methoxy groups -OCH3 is 1. The van der Waals surface area contributed by atoms with E-state index in [2.05, 4.69) is 55.3 Å². The summed E-state index contributed by atoms with van der Waals surface area (Å²) < 4.78 is 38.3. The van der Waals surface area contributed by atoms with Crippen molar-refractivity contribution in [2.45, 2.75) is 77.7 Å². The van der Waals surface area contributed by atoms with E-state index in [0.717, 1.165) is 59.1 Å². The number of hydrogen-bond donors (Lipinski definition) is 1. The first-order valence-electron chi connectivity index (χ1n) is 16.1. The third-order valence-electron chi connectivity index (χ3n) is 9.77. The molecule has 0 radical (unpaired) electrons. The van der Waals surface area contributed by atoms with Gasteiger partial charge in [-0.2, -0.15) is 5.10 Å². The molecule has 0 saturated carbocycles. The molecular weight excluding hydrogens is 574 g/mol. The maximum atomic E-state index is 15.6. The number of halogens is 2. The Bertz CT molecular complexity index is 1570. The van der Waals surface area contributed by atoms with Crippen molar-refractivity contribution < 1.29 is 18.3 Å². The number of carbonyl (C=O) groups excluding carboxylic acids is 1. The van der Waals surface area contributed by atoms with Gasteiger partial charge in [0.1, 0.15) is 5.82 Å². The molecule has 3 aliphatic heterocycles. The highest BCUT2D eigenvalue weighted by molar-refractivity contribution is 5.70. The van der Waals surface area contributed by atoms with Crippen molar-refractivity contribution in [3.8, 4) is 5.69 Å². The standard InChI is InChI=1S/C35H46F2N6O2/c1-23-12-24(2)43(40-23)30-14-26(13-28(16-30)33(3,4)5)27(15-31(44)45-6)17-41-19-34(20-41)21-42(22-35(34,36)37)18-29-10-9-25-8-7-11-38-32(25)39-29/h9-10,12-14,16,27H,7-8,11,15,17-22H2,1-6H3,(H,38,39)/t27-/m1/s1. The number of nitrogens with one attached hydrogen (secondary N) is 1. The summed E-state index contributed by atoms with van der Waals surface area (Å²) in [6.07, 6.45) is 2.25. The summed E-state index contributed by atoms with van der Waals surface area (Å²) in [6.45, 7) is 12.9. The lowest BCUT2D eigenvalue weighted by Gasteiger charge is -2.51. The van der Waals surface area contributed by atoms with Crippen molar-refractivity contribution in [3.05, 3.63) is 70.2 Å². The third-order valence-corrected chi connectivity index (χ3v) is 9.77. The Kier molecular flexibility index (Phi) is 8.27. The number of carbonyl (C=O) groups is 1. The van der Waals surface area contributed by atoms with Crippen LogP contribution in [0.15, 0.2) is 36.4 Å². The topological polar surface area (TPSA) is 75.5 Å². The lowest BCUT2D eigenvalue weighted by molar-refractivity contribution is -0.158. The largest absolute Gasteiger partial charge is 0.469 e. The summed E-state index contributed by atoms with van der Waals surface area (Å²) in [4.78, 5) is 21.3. The fraction of sp³-hybridized carbons (Fsp3) is 0.571. The van der Waals surface area contributed by atoms with Crippen molar-refractivity contribution in [2.24, 2.45) is 5.41 Å². The minimum atomic E-state index is -2.80. The van der Waals surface area contributed by atoms with E-state index in [-0.39, 0.29) is 43.4 Å². The molecule has 0 bridgehead atoms. The maximum Gasteiger partial charge on any atom is 0.306 e. The van der Waals surface area contributed by atoms with Gasteiger partial charge in [0.15, 0.2) is 0 Å². The minimum absolute atomic E-state index is 0.143. The van der Waals surface area contributed by atoms with E-state index < -0.39 is 11.3 Å². The summed E-state index contributed by atoms with van der Waals surface area (Å²) >= 11 is 0. The number of esters is 1. The van der Waals surface area contributed by atoms with Gasteiger partial charge in [-0.3, -0.25) is 9.69 Å². The number of likely N-dealkylation sites (tertiary alicyclic amines) is 2. The second-order valence-electron chi connectivity index (χ2n) is 14.5. The molecule has 1 aromatic carbocycles. The quantitative estimate of drug-likeness (QED) is 0.327. The van der Waals surface area contributed by atoms with Crippen LogP contribution in [-0.4, -0.2) is 82.8 Å². The van der Waals surface area contributed by atoms with Crippen molar-refractivity contribution in [1.82, 2.24) is 24.6 Å². The van der Waals surface area contributed by atoms with E-state index in [9.17, 15) is 4.79 Å². The monoisotopic (exact) mass is 620 g/mol. The molecule has 0 unspecified atom stereocenters. The zero-order chi connectivity index (χ0) is 32.1. The number of ether oxygens (including phenoxy) is 1. The zero-order valence-corrected chi connectivity index (χ0v) is 27.4. The number of nitrogens with zero attached hydrogens (tertiary/aromatic N) is 5. The van der Waals surface area contributed by atoms with E-state index in [0.29, 0.717) is 19.6 Å². The molecule has 0 aliphatic carbocycles. The van der Waals surface area contributed by atoms with Gasteiger partial charge in [0.2, 0.25) is 0 Å². The molecule has 3 aromatic rings. The SMILES string of the molecule is COC(=O)C[C@H](CN1CC2(CN(Cc3ccc4c(n3)NCCC4)CC2(F)F)C1)c1cc(-n2nc(C)cc2C)cc(C(C)(C)C)c1. The average Bonchev–Trinajstić information content (AvgIpc) is 3.44. The van der Waals surface area contributed by atoms with Crippen molar-refractivity contribution >= 4 is 11.8 Å². The highest BCUT2D eigenvalue weighted by atomic mass is 19.3. The lowest BCUT2D eigenvalue weighted by atomic mass is 9.75. The Labute approximate surface area is 265 Å². The Hall–Kier alpha value is -3.37. The van der Waals surface area contributed by atoms with Crippen LogP contribution < -0.4 is 5.32 Å². The van der Waals surface area contributed by atoms with Crippen LogP contribution in [0, 0.1) is 19.3 Å². The third kappa shape index (κ3) is 6.36. The summed E-state index contributed by atoms with van der Waals surface area (Å²) in [5.41, 5.74) is 5.77. The number of aryl methyl sites for hydroxylation is 3. The van der Waals surface area contributed by atoms with Crippen LogP contribution >= 0.6 is 0 Å². The van der Waals surface area contributed by atoms with Crippen LogP contribution in [0.3, 0.4) is 0 Å². The Morgan fingerprint density at radius 1 is 1.07 bits per heavy atom. The molecule has 6 rings (SSSR count). The summed E-state index contributed by atoms with van der Waals surface area (Å²) in [6, 6.07) is 12.5. The van der Waals surface area contributed by atoms with Gasteiger partial charge in [-0.1, -0.05) is 32.9 Å². The van der Waals surface area contributed by atoms with Crippen LogP contribution in [-0.2, 0) is 27.9 Å². The molecule has 45 heavy (non-hydrogen) atoms. The first-order valence-corrected chi connectivity index (χ1v) is 16.1. The molecule has 242 valence electrons. The first kappa shape index (κ1) is 31.6. The molecule has 2 saturated heterocycles. The zero-order valence-electron chi connectivity index (χ0n) is 27.4. The van der Waals surface area contributed by atoms with E-state index in [1.54, 1.807) is 0 Å². The van der Waals surface area contributed by atoms with E-state index in [1.165, 1.54) is 12.7 Å². The lowest BCUT2D eigenvalue weighted by Crippen LogP contribution is -2.65. The molecule has 2 aromatic heterocycles. The van der Waals surface area contributed by atoms with Crippen molar-refractivity contribution in [3.63, 3.8) is 0 Å².